The molecule has 92 valence electrons. The maximum atomic E-state index is 12.1. The summed E-state index contributed by atoms with van der Waals surface area (Å²) < 4.78 is 5.15. The molecular formula is C12H16N2O2S. The molecule has 3 N–H and O–H groups in total. The normalized spacial score (nSPS) is 27.2. The minimum absolute atomic E-state index is 0.0838. The molecule has 0 spiro atoms. The van der Waals surface area contributed by atoms with Crippen LogP contribution in [-0.2, 0) is 11.3 Å². The van der Waals surface area contributed by atoms with Crippen molar-refractivity contribution in [2.45, 2.75) is 26.3 Å². The van der Waals surface area contributed by atoms with E-state index in [4.69, 9.17) is 22.4 Å². The Hall–Kier alpha value is -1.36. The number of nitrogens with two attached hydrogens (primary N) is 1. The Kier molecular flexibility index (Phi) is 3.19. The second-order valence-corrected chi connectivity index (χ2v) is 5.16. The van der Waals surface area contributed by atoms with Crippen molar-refractivity contribution >= 4 is 23.1 Å². The molecule has 1 aromatic rings. The summed E-state index contributed by atoms with van der Waals surface area (Å²) in [6, 6.07) is 3.60. The molecule has 1 saturated carbocycles. The smallest absolute Gasteiger partial charge is 0.233 e. The third kappa shape index (κ3) is 2.20. The van der Waals surface area contributed by atoms with Gasteiger partial charge in [-0.3, -0.25) is 4.79 Å². The van der Waals surface area contributed by atoms with Crippen LogP contribution in [0.25, 0.3) is 0 Å². The van der Waals surface area contributed by atoms with Crippen LogP contribution in [0.2, 0.25) is 0 Å². The van der Waals surface area contributed by atoms with Gasteiger partial charge in [-0.05, 0) is 30.9 Å². The largest absolute Gasteiger partial charge is 0.467 e. The van der Waals surface area contributed by atoms with E-state index in [1.807, 2.05) is 6.07 Å². The molecule has 0 saturated heterocycles. The fraction of sp³-hybridized carbons (Fsp3) is 0.500. The number of carbonyl (C=O) groups is 1. The quantitative estimate of drug-likeness (QED) is 0.799. The molecule has 0 aromatic carbocycles. The summed E-state index contributed by atoms with van der Waals surface area (Å²) in [4.78, 5) is 12.4. The number of thiocarbonyl (C=S) groups is 1. The zero-order chi connectivity index (χ0) is 12.5. The van der Waals surface area contributed by atoms with Gasteiger partial charge in [0.25, 0.3) is 0 Å². The fourth-order valence-corrected chi connectivity index (χ4v) is 2.64. The highest BCUT2D eigenvalue weighted by molar-refractivity contribution is 7.80. The lowest BCUT2D eigenvalue weighted by Crippen LogP contribution is -2.55. The molecule has 2 rings (SSSR count). The number of furan rings is 1. The summed E-state index contributed by atoms with van der Waals surface area (Å²) in [7, 11) is 0. The first-order valence-corrected chi connectivity index (χ1v) is 6.06. The topological polar surface area (TPSA) is 68.3 Å². The lowest BCUT2D eigenvalue weighted by molar-refractivity contribution is -0.133. The summed E-state index contributed by atoms with van der Waals surface area (Å²) in [5.74, 6) is 1.15. The van der Waals surface area contributed by atoms with Crippen LogP contribution in [-0.4, -0.2) is 10.9 Å². The van der Waals surface area contributed by atoms with Gasteiger partial charge in [-0.2, -0.15) is 0 Å². The van der Waals surface area contributed by atoms with E-state index in [0.717, 1.165) is 18.6 Å². The van der Waals surface area contributed by atoms with Gasteiger partial charge in [0.05, 0.1) is 23.2 Å². The highest BCUT2D eigenvalue weighted by atomic mass is 32.1. The standard InChI is InChI=1S/C12H16N2O2S/c1-8-5-12(6-8,10(13)17)11(15)14-7-9-3-2-4-16-9/h2-4,8H,5-7H2,1H3,(H2,13,17)(H,14,15). The summed E-state index contributed by atoms with van der Waals surface area (Å²) in [6.45, 7) is 2.47. The molecule has 5 heteroatoms. The van der Waals surface area contributed by atoms with Gasteiger partial charge >= 0.3 is 0 Å². The first-order valence-electron chi connectivity index (χ1n) is 5.65. The third-order valence-electron chi connectivity index (χ3n) is 3.30. The van der Waals surface area contributed by atoms with Crippen molar-refractivity contribution in [3.05, 3.63) is 24.2 Å². The number of carbonyl (C=O) groups excluding carboxylic acids is 1. The van der Waals surface area contributed by atoms with Crippen molar-refractivity contribution in [1.29, 1.82) is 0 Å². The molecule has 1 fully saturated rings. The van der Waals surface area contributed by atoms with Crippen molar-refractivity contribution in [3.63, 3.8) is 0 Å². The van der Waals surface area contributed by atoms with E-state index in [2.05, 4.69) is 12.2 Å². The molecule has 0 bridgehead atoms. The van der Waals surface area contributed by atoms with Gasteiger partial charge in [0.15, 0.2) is 0 Å². The van der Waals surface area contributed by atoms with Crippen molar-refractivity contribution in [1.82, 2.24) is 5.32 Å². The number of amides is 1. The van der Waals surface area contributed by atoms with E-state index in [1.54, 1.807) is 12.3 Å². The molecule has 1 aliphatic carbocycles. The first kappa shape index (κ1) is 12.1. The number of rotatable bonds is 4. The molecule has 4 nitrogen and oxygen atoms in total. The van der Waals surface area contributed by atoms with Crippen LogP contribution in [0.5, 0.6) is 0 Å². The summed E-state index contributed by atoms with van der Waals surface area (Å²) >= 11 is 5.02. The molecule has 1 heterocycles. The minimum Gasteiger partial charge on any atom is -0.467 e. The summed E-state index contributed by atoms with van der Waals surface area (Å²) in [5.41, 5.74) is 5.05. The van der Waals surface area contributed by atoms with Gasteiger partial charge in [0.1, 0.15) is 5.76 Å². The minimum atomic E-state index is -0.638. The maximum absolute atomic E-state index is 12.1. The van der Waals surface area contributed by atoms with Gasteiger partial charge < -0.3 is 15.5 Å². The number of hydrogen-bond donors (Lipinski definition) is 2. The lowest BCUT2D eigenvalue weighted by Gasteiger charge is -2.44. The highest BCUT2D eigenvalue weighted by Crippen LogP contribution is 2.45. The average molecular weight is 252 g/mol. The van der Waals surface area contributed by atoms with Crippen LogP contribution in [0.3, 0.4) is 0 Å². The SMILES string of the molecule is CC1CC(C(=O)NCc2ccco2)(C(N)=S)C1. The van der Waals surface area contributed by atoms with E-state index >= 15 is 0 Å². The Labute approximate surface area is 106 Å². The van der Waals surface area contributed by atoms with Crippen LogP contribution in [0, 0.1) is 11.3 Å². The van der Waals surface area contributed by atoms with Crippen LogP contribution >= 0.6 is 12.2 Å². The molecular weight excluding hydrogens is 236 g/mol. The fourth-order valence-electron chi connectivity index (χ4n) is 2.38. The second-order valence-electron chi connectivity index (χ2n) is 4.72. The Balaban J connectivity index is 1.96. The third-order valence-corrected chi connectivity index (χ3v) is 3.69. The molecule has 1 amide bonds. The van der Waals surface area contributed by atoms with Crippen LogP contribution in [0.1, 0.15) is 25.5 Å². The molecule has 1 aromatic heterocycles. The summed E-state index contributed by atoms with van der Waals surface area (Å²) in [6.07, 6.45) is 3.06. The zero-order valence-electron chi connectivity index (χ0n) is 9.73. The predicted octanol–water partition coefficient (Wildman–Crippen LogP) is 1.60. The monoisotopic (exact) mass is 252 g/mol. The van der Waals surface area contributed by atoms with Crippen molar-refractivity contribution < 1.29 is 9.21 Å². The first-order chi connectivity index (χ1) is 8.04. The Morgan fingerprint density at radius 1 is 1.71 bits per heavy atom. The van der Waals surface area contributed by atoms with E-state index in [1.165, 1.54) is 0 Å². The maximum Gasteiger partial charge on any atom is 0.233 e. The van der Waals surface area contributed by atoms with Crippen molar-refractivity contribution in [2.24, 2.45) is 17.1 Å². The van der Waals surface area contributed by atoms with Gasteiger partial charge in [0.2, 0.25) is 5.91 Å². The number of hydrogen-bond acceptors (Lipinski definition) is 3. The molecule has 1 aliphatic rings. The van der Waals surface area contributed by atoms with Gasteiger partial charge in [-0.1, -0.05) is 19.1 Å². The lowest BCUT2D eigenvalue weighted by atomic mass is 9.62. The van der Waals surface area contributed by atoms with Crippen LogP contribution in [0.4, 0.5) is 0 Å². The van der Waals surface area contributed by atoms with Crippen molar-refractivity contribution in [2.75, 3.05) is 0 Å². The Morgan fingerprint density at radius 3 is 2.88 bits per heavy atom. The molecule has 0 unspecified atom stereocenters. The van der Waals surface area contributed by atoms with E-state index in [0.29, 0.717) is 17.5 Å². The molecule has 0 atom stereocenters. The molecule has 0 radical (unpaired) electrons. The zero-order valence-corrected chi connectivity index (χ0v) is 10.5. The van der Waals surface area contributed by atoms with Crippen molar-refractivity contribution in [3.8, 4) is 0 Å². The van der Waals surface area contributed by atoms with Crippen LogP contribution < -0.4 is 11.1 Å². The molecule has 0 aliphatic heterocycles. The molecule has 17 heavy (non-hydrogen) atoms. The average Bonchev–Trinajstić information content (AvgIpc) is 2.73. The van der Waals surface area contributed by atoms with E-state index in [-0.39, 0.29) is 5.91 Å². The number of nitrogens with one attached hydrogen (secondary N) is 1. The Bertz CT molecular complexity index is 422. The van der Waals surface area contributed by atoms with E-state index < -0.39 is 5.41 Å². The van der Waals surface area contributed by atoms with E-state index in [9.17, 15) is 4.79 Å². The van der Waals surface area contributed by atoms with Crippen LogP contribution in [0.15, 0.2) is 22.8 Å². The Morgan fingerprint density at radius 2 is 2.41 bits per heavy atom. The summed E-state index contributed by atoms with van der Waals surface area (Å²) in [5, 5.41) is 2.83. The predicted molar refractivity (Wildman–Crippen MR) is 68.2 cm³/mol. The highest BCUT2D eigenvalue weighted by Gasteiger charge is 2.50. The van der Waals surface area contributed by atoms with Gasteiger partial charge in [-0.25, -0.2) is 0 Å². The van der Waals surface area contributed by atoms with Gasteiger partial charge in [-0.15, -0.1) is 0 Å². The van der Waals surface area contributed by atoms with Gasteiger partial charge in [0, 0.05) is 0 Å². The second kappa shape index (κ2) is 4.49.